The van der Waals surface area contributed by atoms with Gasteiger partial charge in [0.1, 0.15) is 6.10 Å². The molecular formula is C15H21N3O. The van der Waals surface area contributed by atoms with E-state index in [1.165, 1.54) is 12.1 Å². The first kappa shape index (κ1) is 4.72. The van der Waals surface area contributed by atoms with Crippen molar-refractivity contribution in [3.05, 3.63) is 53.8 Å². The quantitative estimate of drug-likeness (QED) is 0.806. The van der Waals surface area contributed by atoms with Gasteiger partial charge in [0.2, 0.25) is 0 Å². The van der Waals surface area contributed by atoms with Crippen molar-refractivity contribution in [3.8, 4) is 0 Å². The molecular weight excluding hydrogens is 238 g/mol. The number of hydrogen-bond acceptors (Lipinski definition) is 3. The van der Waals surface area contributed by atoms with Gasteiger partial charge in [-0.05, 0) is 25.6 Å². The van der Waals surface area contributed by atoms with Crippen LogP contribution in [-0.4, -0.2) is 41.7 Å². The number of benzene rings is 1. The molecule has 1 heterocycles. The maximum Gasteiger partial charge on any atom is 0.124 e. The van der Waals surface area contributed by atoms with E-state index in [1.54, 1.807) is 18.2 Å². The Kier molecular flexibility index (Phi) is 1.61. The molecule has 1 aromatic heterocycles. The fourth-order valence-corrected chi connectivity index (χ4v) is 1.51. The summed E-state index contributed by atoms with van der Waals surface area (Å²) in [4.78, 5) is -0.0271. The van der Waals surface area contributed by atoms with Crippen LogP contribution in [0.25, 0.3) is 0 Å². The van der Waals surface area contributed by atoms with Crippen LogP contribution in [0, 0.1) is 0 Å². The van der Waals surface area contributed by atoms with Gasteiger partial charge in [-0.15, -0.1) is 0 Å². The molecule has 0 aliphatic carbocycles. The van der Waals surface area contributed by atoms with E-state index in [0.29, 0.717) is 4.68 Å². The zero-order valence-electron chi connectivity index (χ0n) is 22.9. The van der Waals surface area contributed by atoms with Gasteiger partial charge in [-0.1, -0.05) is 30.3 Å². The normalized spacial score (nSPS) is 25.6. The second-order valence-corrected chi connectivity index (χ2v) is 3.67. The van der Waals surface area contributed by atoms with E-state index in [-0.39, 0.29) is 10.5 Å². The lowest BCUT2D eigenvalue weighted by molar-refractivity contribution is 0.0638. The summed E-state index contributed by atoms with van der Waals surface area (Å²) < 4.78 is 106. The van der Waals surface area contributed by atoms with E-state index in [2.05, 4.69) is 5.10 Å². The van der Waals surface area contributed by atoms with Crippen LogP contribution in [0.5, 0.6) is 0 Å². The minimum Gasteiger partial charge on any atom is -0.366 e. The minimum absolute atomic E-state index is 0.0271. The van der Waals surface area contributed by atoms with Gasteiger partial charge >= 0.3 is 0 Å². The summed E-state index contributed by atoms with van der Waals surface area (Å²) >= 11 is 0. The smallest absolute Gasteiger partial charge is 0.124 e. The Balaban J connectivity index is 2.58. The van der Waals surface area contributed by atoms with Crippen LogP contribution in [0.15, 0.2) is 42.5 Å². The topological polar surface area (TPSA) is 30.3 Å². The van der Waals surface area contributed by atoms with E-state index in [0.717, 1.165) is 0 Å². The molecule has 0 aliphatic heterocycles. The van der Waals surface area contributed by atoms with Crippen molar-refractivity contribution < 1.29 is 22.6 Å². The summed E-state index contributed by atoms with van der Waals surface area (Å²) in [6.07, 6.45) is -2.30. The molecule has 4 heteroatoms. The van der Waals surface area contributed by atoms with Crippen molar-refractivity contribution >= 4 is 0 Å². The molecule has 2 rings (SSSR count). The molecule has 0 radical (unpaired) electrons. The zero-order valence-corrected chi connectivity index (χ0v) is 9.92. The highest BCUT2D eigenvalue weighted by Gasteiger charge is 2.17. The molecule has 0 fully saturated rings. The predicted molar refractivity (Wildman–Crippen MR) is 76.0 cm³/mol. The Morgan fingerprint density at radius 3 is 3.05 bits per heavy atom. The van der Waals surface area contributed by atoms with Gasteiger partial charge in [0, 0.05) is 32.0 Å². The van der Waals surface area contributed by atoms with E-state index in [4.69, 9.17) is 22.6 Å². The summed E-state index contributed by atoms with van der Waals surface area (Å²) in [5.41, 5.74) is -0.274. The molecule has 0 saturated carbocycles. The molecule has 102 valence electrons. The minimum atomic E-state index is -3.18. The molecule has 0 amide bonds. The number of ether oxygens (including phenoxy) is 1. The van der Waals surface area contributed by atoms with Crippen molar-refractivity contribution in [2.75, 3.05) is 27.1 Å². The number of hydrogen-bond donors (Lipinski definition) is 0. The lowest BCUT2D eigenvalue weighted by Gasteiger charge is -2.20. The molecule has 4 nitrogen and oxygen atoms in total. The summed E-state index contributed by atoms with van der Waals surface area (Å²) in [5, 5.41) is 3.54. The lowest BCUT2D eigenvalue weighted by Crippen LogP contribution is -2.20. The first-order valence-corrected chi connectivity index (χ1v) is 5.42. The van der Waals surface area contributed by atoms with Crippen LogP contribution in [0.2, 0.25) is 0 Å². The first-order chi connectivity index (χ1) is 14.3. The average molecular weight is 272 g/mol. The number of nitrogens with zero attached hydrogens (tertiary/aromatic N) is 3. The molecule has 0 saturated heterocycles. The van der Waals surface area contributed by atoms with Crippen molar-refractivity contribution in [2.45, 2.75) is 6.10 Å². The maximum absolute atomic E-state index is 8.17. The molecule has 19 heavy (non-hydrogen) atoms. The van der Waals surface area contributed by atoms with Crippen LogP contribution in [0.4, 0.5) is 0 Å². The van der Waals surface area contributed by atoms with Crippen molar-refractivity contribution in [1.29, 1.82) is 0 Å². The van der Waals surface area contributed by atoms with E-state index < -0.39 is 58.0 Å². The Labute approximate surface area is 132 Å². The fraction of sp³-hybridized carbons (Fsp3) is 0.400. The Bertz CT molecular complexity index is 904. The van der Waals surface area contributed by atoms with Crippen LogP contribution in [0.1, 0.15) is 35.2 Å². The van der Waals surface area contributed by atoms with Gasteiger partial charge in [-0.25, -0.2) is 0 Å². The van der Waals surface area contributed by atoms with Gasteiger partial charge in [-0.3, -0.25) is 4.68 Å². The summed E-state index contributed by atoms with van der Waals surface area (Å²) in [5.74, 6) is 0. The van der Waals surface area contributed by atoms with Crippen LogP contribution >= 0.6 is 0 Å². The Hall–Kier alpha value is -1.65. The van der Waals surface area contributed by atoms with E-state index >= 15 is 0 Å². The standard InChI is InChI=1S/C15H21N3O/c1-17(2)11-12-19-15(13-7-5-4-6-8-13)14-9-10-16-18(14)3/h4-10,15H,11-12H2,1-3H3/i1D3,2D3,3D3,9D,10D,12D2. The van der Waals surface area contributed by atoms with Crippen LogP contribution in [-0.2, 0) is 11.7 Å². The van der Waals surface area contributed by atoms with Crippen LogP contribution in [0.3, 0.4) is 0 Å². The average Bonchev–Trinajstić information content (AvgIpc) is 2.92. The monoisotopic (exact) mass is 272 g/mol. The number of aryl methyl sites for hydroxylation is 1. The Morgan fingerprint density at radius 1 is 1.47 bits per heavy atom. The molecule has 0 aliphatic rings. The molecule has 0 bridgehead atoms. The van der Waals surface area contributed by atoms with Crippen molar-refractivity contribution in [2.24, 2.45) is 6.98 Å². The van der Waals surface area contributed by atoms with Gasteiger partial charge < -0.3 is 9.64 Å². The maximum atomic E-state index is 8.17. The molecule has 0 N–H and O–H groups in total. The molecule has 2 aromatic rings. The second kappa shape index (κ2) is 6.50. The zero-order chi connectivity index (χ0) is 24.7. The third-order valence-corrected chi connectivity index (χ3v) is 2.34. The second-order valence-electron chi connectivity index (χ2n) is 3.67. The number of rotatable bonds is 6. The number of aromatic nitrogens is 2. The molecule has 1 unspecified atom stereocenters. The lowest BCUT2D eigenvalue weighted by atomic mass is 10.1. The number of likely N-dealkylation sites (N-methyl/N-ethyl adjacent to an activating group) is 1. The van der Waals surface area contributed by atoms with Gasteiger partial charge in [0.25, 0.3) is 0 Å². The highest BCUT2D eigenvalue weighted by Crippen LogP contribution is 2.25. The third kappa shape index (κ3) is 3.66. The third-order valence-electron chi connectivity index (χ3n) is 2.34. The fourth-order valence-electron chi connectivity index (χ4n) is 1.51. The van der Waals surface area contributed by atoms with E-state index in [1.807, 2.05) is 0 Å². The summed E-state index contributed by atoms with van der Waals surface area (Å²) in [7, 11) is 0. The van der Waals surface area contributed by atoms with Crippen LogP contribution < -0.4 is 0 Å². The SMILES string of the molecule is [2H]c1nn(C([2H])([2H])[2H])c(C(OC([2H])([2H])CN(C([2H])([2H])[2H])C([2H])([2H])[2H])c2ccccc2)c1[2H]. The van der Waals surface area contributed by atoms with Gasteiger partial charge in [0.15, 0.2) is 0 Å². The van der Waals surface area contributed by atoms with E-state index in [9.17, 15) is 0 Å². The first-order valence-electron chi connectivity index (χ1n) is 11.9. The Morgan fingerprint density at radius 2 is 2.32 bits per heavy atom. The molecule has 1 aromatic carbocycles. The van der Waals surface area contributed by atoms with Crippen molar-refractivity contribution in [3.63, 3.8) is 0 Å². The van der Waals surface area contributed by atoms with Gasteiger partial charge in [0.05, 0.1) is 17.7 Å². The molecule has 0 spiro atoms. The highest BCUT2D eigenvalue weighted by molar-refractivity contribution is 5.25. The van der Waals surface area contributed by atoms with Crippen molar-refractivity contribution in [1.82, 2.24) is 14.7 Å². The predicted octanol–water partition coefficient (Wildman–Crippen LogP) is 2.09. The summed E-state index contributed by atoms with van der Waals surface area (Å²) in [6, 6.07) is 6.98. The largest absolute Gasteiger partial charge is 0.366 e. The summed E-state index contributed by atoms with van der Waals surface area (Å²) in [6.45, 7) is -13.4. The van der Waals surface area contributed by atoms with Gasteiger partial charge in [-0.2, -0.15) is 5.10 Å². The molecule has 1 atom stereocenters. The highest BCUT2D eigenvalue weighted by atomic mass is 16.5.